The summed E-state index contributed by atoms with van der Waals surface area (Å²) in [5, 5.41) is 5.83. The molecule has 0 saturated carbocycles. The van der Waals surface area contributed by atoms with E-state index in [1.54, 1.807) is 18.2 Å². The van der Waals surface area contributed by atoms with Crippen LogP contribution in [-0.2, 0) is 12.6 Å². The second-order valence-electron chi connectivity index (χ2n) is 5.80. The van der Waals surface area contributed by atoms with Gasteiger partial charge >= 0.3 is 6.18 Å². The van der Waals surface area contributed by atoms with Gasteiger partial charge in [0.05, 0.1) is 21.7 Å². The van der Waals surface area contributed by atoms with Gasteiger partial charge in [0.15, 0.2) is 5.76 Å². The predicted molar refractivity (Wildman–Crippen MR) is 98.5 cm³/mol. The minimum Gasteiger partial charge on any atom is -0.459 e. The lowest BCUT2D eigenvalue weighted by Gasteiger charge is -2.08. The van der Waals surface area contributed by atoms with Crippen LogP contribution in [0.2, 0.25) is 0 Å². The molecule has 0 radical (unpaired) electrons. The van der Waals surface area contributed by atoms with Crippen LogP contribution in [0.3, 0.4) is 0 Å². The van der Waals surface area contributed by atoms with Crippen molar-refractivity contribution in [3.05, 3.63) is 76.6 Å². The number of hydrogen-bond acceptors (Lipinski definition) is 4. The highest BCUT2D eigenvalue weighted by atomic mass is 32.1. The Kier molecular flexibility index (Phi) is 5.84. The van der Waals surface area contributed by atoms with Crippen LogP contribution in [0, 0.1) is 0 Å². The van der Waals surface area contributed by atoms with E-state index in [0.717, 1.165) is 23.5 Å². The molecule has 0 aliphatic rings. The summed E-state index contributed by atoms with van der Waals surface area (Å²) in [6.07, 6.45) is -2.58. The van der Waals surface area contributed by atoms with Crippen molar-refractivity contribution in [1.82, 2.24) is 5.32 Å². The van der Waals surface area contributed by atoms with Crippen LogP contribution in [0.5, 0.6) is 0 Å². The zero-order valence-electron chi connectivity index (χ0n) is 14.4. The van der Waals surface area contributed by atoms with Crippen LogP contribution in [0.15, 0.2) is 59.2 Å². The van der Waals surface area contributed by atoms with Crippen LogP contribution >= 0.6 is 11.3 Å². The number of hydrogen-bond donors (Lipinski definition) is 2. The van der Waals surface area contributed by atoms with Gasteiger partial charge in [0, 0.05) is 6.54 Å². The first-order valence-electron chi connectivity index (χ1n) is 8.22. The van der Waals surface area contributed by atoms with Crippen molar-refractivity contribution in [3.63, 3.8) is 0 Å². The highest BCUT2D eigenvalue weighted by molar-refractivity contribution is 7.18. The van der Waals surface area contributed by atoms with Crippen LogP contribution in [-0.4, -0.2) is 18.4 Å². The van der Waals surface area contributed by atoms with Gasteiger partial charge in [-0.1, -0.05) is 12.1 Å². The molecule has 2 heterocycles. The van der Waals surface area contributed by atoms with Gasteiger partial charge in [-0.15, -0.1) is 11.3 Å². The summed E-state index contributed by atoms with van der Waals surface area (Å²) in [5.41, 5.74) is -0.0196. The lowest BCUT2D eigenvalue weighted by molar-refractivity contribution is -0.137. The molecule has 1 aromatic carbocycles. The van der Waals surface area contributed by atoms with E-state index in [0.29, 0.717) is 21.9 Å². The number of carbonyl (C=O) groups excluding carboxylic acids is 2. The SMILES string of the molecule is O=C(Nc1ccc(C(=O)NCCc2ccc(C(F)(F)F)cc2)s1)c1ccco1. The largest absolute Gasteiger partial charge is 0.459 e. The molecule has 3 aromatic rings. The molecule has 3 rings (SSSR count). The van der Waals surface area contributed by atoms with E-state index in [1.165, 1.54) is 24.5 Å². The smallest absolute Gasteiger partial charge is 0.416 e. The number of halogens is 3. The Labute approximate surface area is 162 Å². The topological polar surface area (TPSA) is 71.3 Å². The number of rotatable bonds is 6. The average Bonchev–Trinajstić information content (AvgIpc) is 3.33. The van der Waals surface area contributed by atoms with Crippen molar-refractivity contribution in [2.75, 3.05) is 11.9 Å². The molecule has 2 aromatic heterocycles. The Morgan fingerprint density at radius 3 is 2.39 bits per heavy atom. The summed E-state index contributed by atoms with van der Waals surface area (Å²) in [6, 6.07) is 11.1. The zero-order chi connectivity index (χ0) is 20.1. The molecule has 0 unspecified atom stereocenters. The summed E-state index contributed by atoms with van der Waals surface area (Å²) in [7, 11) is 0. The van der Waals surface area contributed by atoms with Crippen molar-refractivity contribution < 1.29 is 27.2 Å². The number of nitrogens with one attached hydrogen (secondary N) is 2. The summed E-state index contributed by atoms with van der Waals surface area (Å²) >= 11 is 1.11. The second kappa shape index (κ2) is 8.30. The van der Waals surface area contributed by atoms with Gasteiger partial charge < -0.3 is 15.1 Å². The zero-order valence-corrected chi connectivity index (χ0v) is 15.2. The highest BCUT2D eigenvalue weighted by Gasteiger charge is 2.29. The molecule has 146 valence electrons. The van der Waals surface area contributed by atoms with Crippen molar-refractivity contribution in [2.24, 2.45) is 0 Å². The van der Waals surface area contributed by atoms with E-state index in [1.807, 2.05) is 0 Å². The minimum atomic E-state index is -4.37. The summed E-state index contributed by atoms with van der Waals surface area (Å²) in [6.45, 7) is 0.274. The normalized spacial score (nSPS) is 11.2. The van der Waals surface area contributed by atoms with Crippen molar-refractivity contribution in [2.45, 2.75) is 12.6 Å². The summed E-state index contributed by atoms with van der Waals surface area (Å²) < 4.78 is 42.6. The first-order chi connectivity index (χ1) is 13.3. The van der Waals surface area contributed by atoms with Crippen molar-refractivity contribution in [1.29, 1.82) is 0 Å². The number of amides is 2. The molecule has 0 atom stereocenters. The molecule has 5 nitrogen and oxygen atoms in total. The molecule has 2 N–H and O–H groups in total. The van der Waals surface area contributed by atoms with Gasteiger partial charge in [-0.2, -0.15) is 13.2 Å². The fourth-order valence-electron chi connectivity index (χ4n) is 2.38. The first kappa shape index (κ1) is 19.7. The third-order valence-electron chi connectivity index (χ3n) is 3.79. The summed E-state index contributed by atoms with van der Waals surface area (Å²) in [5.74, 6) is -0.576. The number of anilines is 1. The van der Waals surface area contributed by atoms with Crippen LogP contribution in [0.1, 0.15) is 31.4 Å². The Balaban J connectivity index is 1.49. The van der Waals surface area contributed by atoms with E-state index < -0.39 is 17.6 Å². The van der Waals surface area contributed by atoms with Gasteiger partial charge in [-0.3, -0.25) is 9.59 Å². The fraction of sp³-hybridized carbons (Fsp3) is 0.158. The van der Waals surface area contributed by atoms with Gasteiger partial charge in [0.2, 0.25) is 0 Å². The van der Waals surface area contributed by atoms with Gasteiger partial charge in [0.1, 0.15) is 0 Å². The third kappa shape index (κ3) is 5.01. The molecule has 0 spiro atoms. The van der Waals surface area contributed by atoms with Crippen molar-refractivity contribution >= 4 is 28.2 Å². The van der Waals surface area contributed by atoms with E-state index in [-0.39, 0.29) is 18.2 Å². The second-order valence-corrected chi connectivity index (χ2v) is 6.88. The number of thiophene rings is 1. The number of carbonyl (C=O) groups is 2. The molecule has 0 aliphatic carbocycles. The van der Waals surface area contributed by atoms with E-state index in [9.17, 15) is 22.8 Å². The highest BCUT2D eigenvalue weighted by Crippen LogP contribution is 2.29. The minimum absolute atomic E-state index is 0.163. The molecule has 0 saturated heterocycles. The standard InChI is InChI=1S/C19H15F3N2O3S/c20-19(21,22)13-5-3-12(4-6-13)9-10-23-18(26)15-7-8-16(28-15)24-17(25)14-2-1-11-27-14/h1-8,11H,9-10H2,(H,23,26)(H,24,25). The van der Waals surface area contributed by atoms with Gasteiger partial charge in [0.25, 0.3) is 11.8 Å². The quantitative estimate of drug-likeness (QED) is 0.627. The molecule has 9 heteroatoms. The average molecular weight is 408 g/mol. The number of alkyl halides is 3. The number of benzene rings is 1. The molecule has 0 bridgehead atoms. The maximum atomic E-state index is 12.5. The maximum Gasteiger partial charge on any atom is 0.416 e. The predicted octanol–water partition coefficient (Wildman–Crippen LogP) is 4.58. The third-order valence-corrected chi connectivity index (χ3v) is 4.79. The molecule has 0 aliphatic heterocycles. The summed E-state index contributed by atoms with van der Waals surface area (Å²) in [4.78, 5) is 24.5. The molecule has 0 fully saturated rings. The number of furan rings is 1. The van der Waals surface area contributed by atoms with Crippen LogP contribution < -0.4 is 10.6 Å². The van der Waals surface area contributed by atoms with E-state index >= 15 is 0 Å². The first-order valence-corrected chi connectivity index (χ1v) is 9.03. The maximum absolute atomic E-state index is 12.5. The molecule has 2 amide bonds. The van der Waals surface area contributed by atoms with E-state index in [2.05, 4.69) is 10.6 Å². The Hall–Kier alpha value is -3.07. The van der Waals surface area contributed by atoms with Crippen molar-refractivity contribution in [3.8, 4) is 0 Å². The Morgan fingerprint density at radius 2 is 1.75 bits per heavy atom. The van der Waals surface area contributed by atoms with Gasteiger partial charge in [-0.25, -0.2) is 0 Å². The fourth-order valence-corrected chi connectivity index (χ4v) is 3.19. The monoisotopic (exact) mass is 408 g/mol. The molecule has 28 heavy (non-hydrogen) atoms. The lowest BCUT2D eigenvalue weighted by Crippen LogP contribution is -2.24. The Bertz CT molecular complexity index is 948. The Morgan fingerprint density at radius 1 is 1.00 bits per heavy atom. The molecular formula is C19H15F3N2O3S. The van der Waals surface area contributed by atoms with E-state index in [4.69, 9.17) is 4.42 Å². The van der Waals surface area contributed by atoms with Crippen LogP contribution in [0.4, 0.5) is 18.2 Å². The lowest BCUT2D eigenvalue weighted by atomic mass is 10.1. The molecular weight excluding hydrogens is 393 g/mol. The van der Waals surface area contributed by atoms with Gasteiger partial charge in [-0.05, 0) is 48.4 Å². The van der Waals surface area contributed by atoms with Crippen LogP contribution in [0.25, 0.3) is 0 Å².